The molecular formula is C67H90Cl2F3I2N5O17. The molecule has 534 valence electrons. The Bertz CT molecular complexity index is 2920. The quantitative estimate of drug-likeness (QED) is 0.0119. The summed E-state index contributed by atoms with van der Waals surface area (Å²) >= 11 is 13.6. The molecule has 0 saturated carbocycles. The van der Waals surface area contributed by atoms with Gasteiger partial charge in [0.05, 0.1) is 72.7 Å². The number of amides is 3. The third-order valence-corrected chi connectivity index (χ3v) is 14.2. The molecule has 96 heavy (non-hydrogen) atoms. The van der Waals surface area contributed by atoms with Gasteiger partial charge in [0.15, 0.2) is 28.0 Å². The minimum absolute atomic E-state index is 0.136. The van der Waals surface area contributed by atoms with E-state index in [4.69, 9.17) is 54.1 Å². The van der Waals surface area contributed by atoms with Gasteiger partial charge >= 0.3 is 12.3 Å². The number of anilines is 2. The Hall–Kier alpha value is -5.13. The van der Waals surface area contributed by atoms with Gasteiger partial charge in [-0.25, -0.2) is 4.79 Å². The number of rotatable bonds is 46. The number of nitrogens with two attached hydrogens (primary N) is 2. The van der Waals surface area contributed by atoms with Crippen molar-refractivity contribution in [3.8, 4) is 0 Å². The van der Waals surface area contributed by atoms with Crippen molar-refractivity contribution >= 4 is 127 Å². The Labute approximate surface area is 597 Å². The van der Waals surface area contributed by atoms with Crippen LogP contribution in [-0.2, 0) is 47.4 Å². The summed E-state index contributed by atoms with van der Waals surface area (Å²) in [6, 6.07) is 23.8. The molecule has 4 aromatic rings. The SMILES string of the molecule is CCCOCCOCCCC(=O)c1cc(NC(=O)c2ccc(I)cc2)cc(C(=O)CCCOCCOCCNC(=O)OC(C)(C)C)c1.NCCOCCOCCCC(=O)c1cc(NC(=O)c2ccc(I)cc2)cc(C(=O)CCCOCCOCCN)c1.O=C(C(Cl)Cl)C(F)(F)F. The number of ether oxygens (including phenoxy) is 9. The van der Waals surface area contributed by atoms with Crippen molar-refractivity contribution in [1.29, 1.82) is 0 Å². The summed E-state index contributed by atoms with van der Waals surface area (Å²) < 4.78 is 84.2. The summed E-state index contributed by atoms with van der Waals surface area (Å²) in [5.74, 6) is -3.36. The summed E-state index contributed by atoms with van der Waals surface area (Å²) in [4.78, 5) is 97.3. The van der Waals surface area contributed by atoms with Crippen LogP contribution in [0, 0.1) is 7.14 Å². The summed E-state index contributed by atoms with van der Waals surface area (Å²) in [6.45, 7) is 15.7. The molecule has 0 radical (unpaired) electrons. The lowest BCUT2D eigenvalue weighted by Gasteiger charge is -2.19. The van der Waals surface area contributed by atoms with Gasteiger partial charge in [-0.2, -0.15) is 13.2 Å². The van der Waals surface area contributed by atoms with E-state index >= 15 is 0 Å². The summed E-state index contributed by atoms with van der Waals surface area (Å²) in [5.41, 5.74) is 13.3. The van der Waals surface area contributed by atoms with E-state index in [0.717, 1.165) is 13.6 Å². The first-order valence-corrected chi connectivity index (χ1v) is 34.3. The highest BCUT2D eigenvalue weighted by atomic mass is 127. The zero-order valence-electron chi connectivity index (χ0n) is 54.7. The average molecular weight is 1620 g/mol. The van der Waals surface area contributed by atoms with E-state index in [9.17, 15) is 51.5 Å². The number of hydrogen-bond donors (Lipinski definition) is 5. The van der Waals surface area contributed by atoms with Crippen LogP contribution in [0.5, 0.6) is 0 Å². The molecule has 7 N–H and O–H groups in total. The van der Waals surface area contributed by atoms with Gasteiger partial charge in [0.2, 0.25) is 0 Å². The lowest BCUT2D eigenvalue weighted by Crippen LogP contribution is -2.34. The van der Waals surface area contributed by atoms with Crippen LogP contribution in [0.3, 0.4) is 0 Å². The second-order valence-corrected chi connectivity index (χ2v) is 25.3. The summed E-state index contributed by atoms with van der Waals surface area (Å²) in [5, 5.41) is 8.28. The Balaban J connectivity index is 0.000000583. The van der Waals surface area contributed by atoms with Crippen molar-refractivity contribution in [3.63, 3.8) is 0 Å². The first-order valence-electron chi connectivity index (χ1n) is 31.2. The number of carbonyl (C=O) groups is 8. The molecule has 0 atom stereocenters. The maximum atomic E-state index is 13.1. The van der Waals surface area contributed by atoms with E-state index < -0.39 is 28.5 Å². The van der Waals surface area contributed by atoms with Gasteiger partial charge in [-0.05, 0) is 183 Å². The highest BCUT2D eigenvalue weighted by Crippen LogP contribution is 2.24. The zero-order chi connectivity index (χ0) is 71.2. The highest BCUT2D eigenvalue weighted by molar-refractivity contribution is 14.1. The van der Waals surface area contributed by atoms with Crippen LogP contribution in [0.15, 0.2) is 84.9 Å². The van der Waals surface area contributed by atoms with Crippen molar-refractivity contribution in [2.75, 3.05) is 136 Å². The van der Waals surface area contributed by atoms with E-state index in [2.05, 4.69) is 84.3 Å². The fourth-order valence-corrected chi connectivity index (χ4v) is 8.80. The molecule has 22 nitrogen and oxygen atoms in total. The van der Waals surface area contributed by atoms with Gasteiger partial charge in [-0.3, -0.25) is 33.6 Å². The molecule has 4 aromatic carbocycles. The molecule has 0 aliphatic heterocycles. The Morgan fingerprint density at radius 3 is 1.02 bits per heavy atom. The molecule has 4 rings (SSSR count). The fraction of sp³-hybridized carbons (Fsp3) is 0.522. The lowest BCUT2D eigenvalue weighted by molar-refractivity contribution is -0.169. The average Bonchev–Trinajstić information content (AvgIpc) is 3.75. The van der Waals surface area contributed by atoms with Crippen LogP contribution in [0.1, 0.15) is 148 Å². The third kappa shape index (κ3) is 41.3. The van der Waals surface area contributed by atoms with Crippen LogP contribution in [-0.4, -0.2) is 189 Å². The van der Waals surface area contributed by atoms with Crippen molar-refractivity contribution in [2.45, 2.75) is 102 Å². The molecule has 0 heterocycles. The number of ketones is 5. The second kappa shape index (κ2) is 51.1. The fourth-order valence-electron chi connectivity index (χ4n) is 7.83. The van der Waals surface area contributed by atoms with Crippen LogP contribution >= 0.6 is 68.4 Å². The van der Waals surface area contributed by atoms with Crippen molar-refractivity contribution < 1.29 is 94.2 Å². The molecule has 3 amide bonds. The standard InChI is InChI=1S/C35H49IN2O9.C29H40IN3O7.C3HCl2F3O/c1-5-15-43-19-20-44-16-6-8-31(39)27-23-28(25-30(24-27)38-33(41)26-10-12-29(36)13-11-26)32(40)9-7-17-45-21-22-46-18-14-37-34(42)47-35(2,3)4;30-25-7-5-22(6-8-25)29(36)33-26-20-23(27(34)3-1-11-37-15-17-39-13-9-31)19-24(21-26)28(35)4-2-12-38-16-18-40-14-10-32;4-2(5)1(9)3(6,7)8/h10-13,23-25H,5-9,14-22H2,1-4H3,(H,37,42)(H,38,41);5-8,19-21H,1-4,9-18,31-32H2,(H,33,36);2H. The maximum absolute atomic E-state index is 13.1. The number of carbonyl (C=O) groups excluding carboxylic acids is 8. The largest absolute Gasteiger partial charge is 0.452 e. The monoisotopic (exact) mass is 1620 g/mol. The van der Waals surface area contributed by atoms with Crippen LogP contribution < -0.4 is 27.4 Å². The van der Waals surface area contributed by atoms with Crippen LogP contribution in [0.4, 0.5) is 29.3 Å². The normalized spacial score (nSPS) is 11.2. The van der Waals surface area contributed by atoms with E-state index in [-0.39, 0.29) is 60.6 Å². The first-order chi connectivity index (χ1) is 45.8. The number of benzene rings is 4. The van der Waals surface area contributed by atoms with E-state index in [1.807, 2.05) is 31.2 Å². The predicted octanol–water partition coefficient (Wildman–Crippen LogP) is 11.8. The number of nitrogens with one attached hydrogen (secondary N) is 3. The lowest BCUT2D eigenvalue weighted by atomic mass is 9.99. The smallest absolute Gasteiger partial charge is 0.444 e. The Morgan fingerprint density at radius 1 is 0.448 bits per heavy atom. The summed E-state index contributed by atoms with van der Waals surface area (Å²) in [6.07, 6.45) is -1.50. The number of alkyl halides is 5. The molecule has 0 aromatic heterocycles. The van der Waals surface area contributed by atoms with Gasteiger partial charge in [0.1, 0.15) is 5.60 Å². The molecule has 29 heteroatoms. The minimum atomic E-state index is -4.92. The molecule has 0 aliphatic carbocycles. The Kier molecular flexibility index (Phi) is 46.3. The second-order valence-electron chi connectivity index (χ2n) is 21.7. The van der Waals surface area contributed by atoms with E-state index in [1.54, 1.807) is 81.4 Å². The molecule has 0 unspecified atom stereocenters. The minimum Gasteiger partial charge on any atom is -0.444 e. The highest BCUT2D eigenvalue weighted by Gasteiger charge is 2.42. The number of alkyl carbamates (subject to hydrolysis) is 1. The topological polar surface area (TPSA) is 308 Å². The van der Waals surface area contributed by atoms with E-state index in [1.165, 1.54) is 0 Å². The predicted molar refractivity (Wildman–Crippen MR) is 377 cm³/mol. The molecule has 0 fully saturated rings. The van der Waals surface area contributed by atoms with Gasteiger partial charge in [-0.15, -0.1) is 0 Å². The summed E-state index contributed by atoms with van der Waals surface area (Å²) in [7, 11) is 0. The van der Waals surface area contributed by atoms with Crippen molar-refractivity contribution in [3.05, 3.63) is 125 Å². The number of hydrogen-bond acceptors (Lipinski definition) is 19. The van der Waals surface area contributed by atoms with Gasteiger partial charge in [0, 0.05) is 130 Å². The van der Waals surface area contributed by atoms with Crippen molar-refractivity contribution in [1.82, 2.24) is 5.32 Å². The molecular weight excluding hydrogens is 1530 g/mol. The maximum Gasteiger partial charge on any atom is 0.452 e. The molecule has 0 aliphatic rings. The molecule has 0 bridgehead atoms. The van der Waals surface area contributed by atoms with Crippen LogP contribution in [0.25, 0.3) is 0 Å². The van der Waals surface area contributed by atoms with Gasteiger partial charge < -0.3 is 70.0 Å². The van der Waals surface area contributed by atoms with Gasteiger partial charge in [-0.1, -0.05) is 30.1 Å². The number of Topliss-reactive ketones (excluding diaryl/α,β-unsaturated/α-hetero) is 5. The van der Waals surface area contributed by atoms with E-state index in [0.29, 0.717) is 196 Å². The molecule has 0 saturated heterocycles. The zero-order valence-corrected chi connectivity index (χ0v) is 60.5. The van der Waals surface area contributed by atoms with Crippen molar-refractivity contribution in [2.24, 2.45) is 11.5 Å². The first kappa shape index (κ1) is 87.0. The van der Waals surface area contributed by atoms with Gasteiger partial charge in [0.25, 0.3) is 17.6 Å². The molecule has 0 spiro atoms. The third-order valence-electron chi connectivity index (χ3n) is 12.4. The Morgan fingerprint density at radius 2 is 0.750 bits per heavy atom. The van der Waals surface area contributed by atoms with Crippen LogP contribution in [0.2, 0.25) is 0 Å². The number of halogens is 7.